The summed E-state index contributed by atoms with van der Waals surface area (Å²) in [6, 6.07) is 2.03. The number of halogens is 1. The van der Waals surface area contributed by atoms with E-state index >= 15 is 0 Å². The number of hydrogen-bond acceptors (Lipinski definition) is 3. The standard InChI is InChI=1S/C10H11BrN2OS/c1-13-10(8(11)5-12-13)9(14)4-7-2-3-15-6-7/h2-3,5-6,9,14H,4H2,1H3. The van der Waals surface area contributed by atoms with E-state index in [0.29, 0.717) is 6.42 Å². The Bertz CT molecular complexity index is 419. The molecule has 2 aromatic rings. The Morgan fingerprint density at radius 3 is 3.00 bits per heavy atom. The number of nitrogens with zero attached hydrogens (tertiary/aromatic N) is 2. The maximum atomic E-state index is 10.1. The van der Waals surface area contributed by atoms with Crippen molar-refractivity contribution in [1.82, 2.24) is 9.78 Å². The quantitative estimate of drug-likeness (QED) is 0.942. The summed E-state index contributed by atoms with van der Waals surface area (Å²) >= 11 is 5.02. The molecule has 2 aromatic heterocycles. The van der Waals surface area contributed by atoms with Gasteiger partial charge in [-0.15, -0.1) is 0 Å². The second-order valence-electron chi connectivity index (χ2n) is 3.35. The van der Waals surface area contributed by atoms with E-state index in [9.17, 15) is 5.11 Å². The van der Waals surface area contributed by atoms with Crippen molar-refractivity contribution in [3.8, 4) is 0 Å². The summed E-state index contributed by atoms with van der Waals surface area (Å²) in [5, 5.41) is 18.2. The summed E-state index contributed by atoms with van der Waals surface area (Å²) in [5.41, 5.74) is 1.97. The molecule has 0 spiro atoms. The molecule has 0 saturated carbocycles. The molecule has 5 heteroatoms. The van der Waals surface area contributed by atoms with Gasteiger partial charge in [0.25, 0.3) is 0 Å². The van der Waals surface area contributed by atoms with Crippen molar-refractivity contribution in [3.63, 3.8) is 0 Å². The van der Waals surface area contributed by atoms with Crippen LogP contribution in [0.4, 0.5) is 0 Å². The van der Waals surface area contributed by atoms with E-state index in [0.717, 1.165) is 15.7 Å². The predicted octanol–water partition coefficient (Wildman–Crippen LogP) is 2.52. The number of hydrogen-bond donors (Lipinski definition) is 1. The molecule has 0 amide bonds. The molecule has 0 radical (unpaired) electrons. The van der Waals surface area contributed by atoms with E-state index in [1.807, 2.05) is 23.9 Å². The zero-order chi connectivity index (χ0) is 10.8. The third-order valence-electron chi connectivity index (χ3n) is 2.26. The van der Waals surface area contributed by atoms with E-state index in [-0.39, 0.29) is 0 Å². The van der Waals surface area contributed by atoms with E-state index in [1.54, 1.807) is 22.2 Å². The molecule has 0 aliphatic carbocycles. The summed E-state index contributed by atoms with van der Waals surface area (Å²) in [6.07, 6.45) is 1.81. The monoisotopic (exact) mass is 286 g/mol. The summed E-state index contributed by atoms with van der Waals surface area (Å²) < 4.78 is 2.55. The van der Waals surface area contributed by atoms with E-state index < -0.39 is 6.10 Å². The van der Waals surface area contributed by atoms with Crippen LogP contribution in [0.25, 0.3) is 0 Å². The molecule has 0 aliphatic heterocycles. The molecule has 0 bridgehead atoms. The molecule has 2 heterocycles. The van der Waals surface area contributed by atoms with Gasteiger partial charge >= 0.3 is 0 Å². The molecule has 0 saturated heterocycles. The van der Waals surface area contributed by atoms with Crippen LogP contribution in [0.2, 0.25) is 0 Å². The Labute approximate surface area is 100 Å². The van der Waals surface area contributed by atoms with Crippen molar-refractivity contribution >= 4 is 27.3 Å². The van der Waals surface area contributed by atoms with Crippen molar-refractivity contribution in [2.24, 2.45) is 7.05 Å². The lowest BCUT2D eigenvalue weighted by Crippen LogP contribution is -2.08. The zero-order valence-electron chi connectivity index (χ0n) is 8.22. The first kappa shape index (κ1) is 10.9. The van der Waals surface area contributed by atoms with E-state index in [2.05, 4.69) is 21.0 Å². The first-order valence-corrected chi connectivity index (χ1v) is 6.28. The first-order valence-electron chi connectivity index (χ1n) is 4.55. The third-order valence-corrected chi connectivity index (χ3v) is 3.61. The number of aliphatic hydroxyl groups is 1. The highest BCUT2D eigenvalue weighted by molar-refractivity contribution is 9.10. The number of thiophene rings is 1. The van der Waals surface area contributed by atoms with Crippen molar-refractivity contribution in [1.29, 1.82) is 0 Å². The second kappa shape index (κ2) is 4.47. The van der Waals surface area contributed by atoms with Crippen molar-refractivity contribution in [2.75, 3.05) is 0 Å². The van der Waals surface area contributed by atoms with Gasteiger partial charge in [0.1, 0.15) is 6.10 Å². The molecule has 2 rings (SSSR count). The average molecular weight is 287 g/mol. The largest absolute Gasteiger partial charge is 0.386 e. The first-order chi connectivity index (χ1) is 7.18. The topological polar surface area (TPSA) is 38.0 Å². The van der Waals surface area contributed by atoms with Crippen LogP contribution >= 0.6 is 27.3 Å². The Hall–Kier alpha value is -0.650. The van der Waals surface area contributed by atoms with Crippen molar-refractivity contribution < 1.29 is 5.11 Å². The summed E-state index contributed by atoms with van der Waals surface area (Å²) in [5.74, 6) is 0. The predicted molar refractivity (Wildman–Crippen MR) is 63.9 cm³/mol. The lowest BCUT2D eigenvalue weighted by Gasteiger charge is -2.10. The van der Waals surface area contributed by atoms with Crippen LogP contribution in [0.5, 0.6) is 0 Å². The third kappa shape index (κ3) is 2.30. The van der Waals surface area contributed by atoms with E-state index in [1.165, 1.54) is 0 Å². The minimum atomic E-state index is -0.513. The number of aliphatic hydroxyl groups excluding tert-OH is 1. The van der Waals surface area contributed by atoms with Crippen LogP contribution in [0.15, 0.2) is 27.5 Å². The van der Waals surface area contributed by atoms with Crippen LogP contribution in [-0.4, -0.2) is 14.9 Å². The molecule has 0 aliphatic rings. The van der Waals surface area contributed by atoms with Crippen LogP contribution in [0.1, 0.15) is 17.4 Å². The normalized spacial score (nSPS) is 13.0. The summed E-state index contributed by atoms with van der Waals surface area (Å²) in [4.78, 5) is 0. The molecule has 1 N–H and O–H groups in total. The van der Waals surface area contributed by atoms with Gasteiger partial charge in [-0.3, -0.25) is 4.68 Å². The van der Waals surface area contributed by atoms with Gasteiger partial charge < -0.3 is 5.11 Å². The Balaban J connectivity index is 2.18. The molecular weight excluding hydrogens is 276 g/mol. The molecule has 80 valence electrons. The van der Waals surface area contributed by atoms with Crippen molar-refractivity contribution in [2.45, 2.75) is 12.5 Å². The Kier molecular flexibility index (Phi) is 3.23. The van der Waals surface area contributed by atoms with Crippen molar-refractivity contribution in [3.05, 3.63) is 38.8 Å². The summed E-state index contributed by atoms with van der Waals surface area (Å²) in [6.45, 7) is 0. The van der Waals surface area contributed by atoms with Gasteiger partial charge in [-0.05, 0) is 38.3 Å². The second-order valence-corrected chi connectivity index (χ2v) is 4.99. The van der Waals surface area contributed by atoms with Gasteiger partial charge in [0.2, 0.25) is 0 Å². The van der Waals surface area contributed by atoms with Crippen LogP contribution in [-0.2, 0) is 13.5 Å². The van der Waals surface area contributed by atoms with Gasteiger partial charge in [-0.1, -0.05) is 0 Å². The molecule has 15 heavy (non-hydrogen) atoms. The minimum Gasteiger partial charge on any atom is -0.386 e. The Morgan fingerprint density at radius 1 is 1.67 bits per heavy atom. The van der Waals surface area contributed by atoms with Gasteiger partial charge in [0.15, 0.2) is 0 Å². The highest BCUT2D eigenvalue weighted by Crippen LogP contribution is 2.25. The molecule has 3 nitrogen and oxygen atoms in total. The van der Waals surface area contributed by atoms with Crippen LogP contribution in [0, 0.1) is 0 Å². The fourth-order valence-electron chi connectivity index (χ4n) is 1.52. The average Bonchev–Trinajstić information content (AvgIpc) is 2.77. The molecule has 1 unspecified atom stereocenters. The molecular formula is C10H11BrN2OS. The smallest absolute Gasteiger partial charge is 0.101 e. The minimum absolute atomic E-state index is 0.513. The van der Waals surface area contributed by atoms with Crippen LogP contribution < -0.4 is 0 Å². The fourth-order valence-corrected chi connectivity index (χ4v) is 2.82. The van der Waals surface area contributed by atoms with Gasteiger partial charge in [-0.2, -0.15) is 16.4 Å². The number of rotatable bonds is 3. The number of aryl methyl sites for hydroxylation is 1. The molecule has 0 aromatic carbocycles. The van der Waals surface area contributed by atoms with Gasteiger partial charge in [0, 0.05) is 13.5 Å². The van der Waals surface area contributed by atoms with Crippen LogP contribution in [0.3, 0.4) is 0 Å². The Morgan fingerprint density at radius 2 is 2.47 bits per heavy atom. The molecule has 0 fully saturated rings. The fraction of sp³-hybridized carbons (Fsp3) is 0.300. The zero-order valence-corrected chi connectivity index (χ0v) is 10.6. The summed E-state index contributed by atoms with van der Waals surface area (Å²) in [7, 11) is 1.83. The van der Waals surface area contributed by atoms with Gasteiger partial charge in [-0.25, -0.2) is 0 Å². The highest BCUT2D eigenvalue weighted by Gasteiger charge is 2.16. The number of aromatic nitrogens is 2. The maximum absolute atomic E-state index is 10.1. The lowest BCUT2D eigenvalue weighted by atomic mass is 10.1. The van der Waals surface area contributed by atoms with E-state index in [4.69, 9.17) is 0 Å². The SMILES string of the molecule is Cn1ncc(Br)c1C(O)Cc1ccsc1. The lowest BCUT2D eigenvalue weighted by molar-refractivity contribution is 0.168. The maximum Gasteiger partial charge on any atom is 0.101 e. The molecule has 1 atom stereocenters. The highest BCUT2D eigenvalue weighted by atomic mass is 79.9. The van der Waals surface area contributed by atoms with Gasteiger partial charge in [0.05, 0.1) is 16.4 Å².